The van der Waals surface area contributed by atoms with Crippen LogP contribution in [0.1, 0.15) is 76.9 Å². The smallest absolute Gasteiger partial charge is 0.342 e. The van der Waals surface area contributed by atoms with Gasteiger partial charge >= 0.3 is 5.97 Å². The normalized spacial score (nSPS) is 15.3. The minimum Gasteiger partial charge on any atom is -0.462 e. The molecule has 0 atom stereocenters. The van der Waals surface area contributed by atoms with E-state index in [1.54, 1.807) is 0 Å². The van der Waals surface area contributed by atoms with Crippen LogP contribution in [0.25, 0.3) is 68.6 Å². The number of aromatic amines is 2. The largest absolute Gasteiger partial charge is 0.462 e. The third kappa shape index (κ3) is 6.22. The second-order valence-electron chi connectivity index (χ2n) is 14.1. The molecule has 2 aromatic carbocycles. The summed E-state index contributed by atoms with van der Waals surface area (Å²) in [5.74, 6) is -0.448. The molecular weight excluding hydrogens is 636 g/mol. The summed E-state index contributed by atoms with van der Waals surface area (Å²) < 4.78 is 18.4. The van der Waals surface area contributed by atoms with Crippen molar-refractivity contribution < 1.29 is 19.0 Å². The summed E-state index contributed by atoms with van der Waals surface area (Å²) in [5.41, 5.74) is 13.0. The lowest BCUT2D eigenvalue weighted by molar-refractivity contribution is -0.225. The number of benzene rings is 2. The van der Waals surface area contributed by atoms with Gasteiger partial charge in [-0.2, -0.15) is 0 Å². The highest BCUT2D eigenvalue weighted by Gasteiger charge is 2.32. The summed E-state index contributed by atoms with van der Waals surface area (Å²) in [7, 11) is 0. The molecule has 0 saturated carbocycles. The molecule has 8 nitrogen and oxygen atoms in total. The first-order valence-electron chi connectivity index (χ1n) is 17.4. The van der Waals surface area contributed by atoms with Crippen LogP contribution in [0.3, 0.4) is 0 Å². The van der Waals surface area contributed by atoms with E-state index in [9.17, 15) is 4.79 Å². The first-order chi connectivity index (χ1) is 24.7. The van der Waals surface area contributed by atoms with Gasteiger partial charge in [-0.1, -0.05) is 73.5 Å². The van der Waals surface area contributed by atoms with Gasteiger partial charge in [-0.25, -0.2) is 14.8 Å². The van der Waals surface area contributed by atoms with E-state index in [1.807, 2.05) is 43.4 Å². The average molecular weight is 677 g/mol. The highest BCUT2D eigenvalue weighted by Crippen LogP contribution is 2.38. The Morgan fingerprint density at radius 1 is 0.686 bits per heavy atom. The average Bonchev–Trinajstić information content (AvgIpc) is 3.94. The number of nitrogens with zero attached hydrogens (tertiary/aromatic N) is 2. The van der Waals surface area contributed by atoms with Crippen molar-refractivity contribution in [2.75, 3.05) is 19.8 Å². The standard InChI is InChI=1S/C43H40N4O4/c1-6-49-41(48)39-33-19-15-29(44-33)37(27-11-7-25(2)8-12-27)31-17-21-35(46-31)40(42-50-23-43(4,5)24-51-42)36-22-18-32(47-36)38(30-16-20-34(39)45-30)28-13-9-26(3)10-14-28/h7-22,42,44,47H,6,23-24H2,1-5H3. The van der Waals surface area contributed by atoms with Gasteiger partial charge in [0.25, 0.3) is 0 Å². The van der Waals surface area contributed by atoms with Crippen LogP contribution < -0.4 is 0 Å². The molecule has 0 aliphatic carbocycles. The molecule has 5 aromatic rings. The van der Waals surface area contributed by atoms with Gasteiger partial charge in [-0.15, -0.1) is 0 Å². The lowest BCUT2D eigenvalue weighted by Gasteiger charge is -2.34. The van der Waals surface area contributed by atoms with E-state index in [0.29, 0.717) is 30.0 Å². The molecule has 2 N–H and O–H groups in total. The predicted octanol–water partition coefficient (Wildman–Crippen LogP) is 9.85. The number of esters is 1. The Labute approximate surface area is 296 Å². The molecule has 1 saturated heterocycles. The van der Waals surface area contributed by atoms with Gasteiger partial charge in [0.05, 0.1) is 53.7 Å². The third-order valence-corrected chi connectivity index (χ3v) is 9.44. The number of H-pyrrole nitrogens is 2. The first-order valence-corrected chi connectivity index (χ1v) is 17.4. The van der Waals surface area contributed by atoms with Crippen molar-refractivity contribution >= 4 is 52.3 Å². The Hall–Kier alpha value is -5.57. The number of fused-ring (bicyclic) bond motifs is 8. The number of hydrogen-bond donors (Lipinski definition) is 2. The molecule has 256 valence electrons. The number of carbonyl (C=O) groups excluding carboxylic acids is 1. The maximum absolute atomic E-state index is 13.7. The van der Waals surface area contributed by atoms with Crippen molar-refractivity contribution in [2.24, 2.45) is 5.41 Å². The zero-order chi connectivity index (χ0) is 35.3. The second-order valence-corrected chi connectivity index (χ2v) is 14.1. The number of hydrogen-bond acceptors (Lipinski definition) is 6. The van der Waals surface area contributed by atoms with Gasteiger partial charge in [0.15, 0.2) is 6.29 Å². The maximum atomic E-state index is 13.7. The number of aromatic nitrogens is 4. The number of rotatable bonds is 5. The van der Waals surface area contributed by atoms with Crippen LogP contribution in [0.2, 0.25) is 0 Å². The molecule has 51 heavy (non-hydrogen) atoms. The van der Waals surface area contributed by atoms with Crippen molar-refractivity contribution in [3.05, 3.63) is 118 Å². The Morgan fingerprint density at radius 2 is 1.16 bits per heavy atom. The van der Waals surface area contributed by atoms with Crippen molar-refractivity contribution in [3.63, 3.8) is 0 Å². The van der Waals surface area contributed by atoms with Crippen molar-refractivity contribution in [3.8, 4) is 22.3 Å². The quantitative estimate of drug-likeness (QED) is 0.176. The zero-order valence-corrected chi connectivity index (χ0v) is 29.5. The lowest BCUT2D eigenvalue weighted by atomic mass is 9.95. The second kappa shape index (κ2) is 13.0. The van der Waals surface area contributed by atoms with Gasteiger partial charge in [0.1, 0.15) is 5.56 Å². The fourth-order valence-electron chi connectivity index (χ4n) is 6.80. The lowest BCUT2D eigenvalue weighted by Crippen LogP contribution is -2.34. The molecule has 0 amide bonds. The molecule has 1 fully saturated rings. The van der Waals surface area contributed by atoms with E-state index in [1.165, 1.54) is 0 Å². The number of carbonyl (C=O) groups is 1. The SMILES string of the molecule is CCOC(=O)c1c2nc(c(-c3ccc(C)cc3)c3ccc([nH]3)c(C3OCC(C)(C)CO3)c3nc(c(-c4ccc(C)cc4)c4ccc1[nH]4)C=C3)C=C2. The van der Waals surface area contributed by atoms with Gasteiger partial charge in [0, 0.05) is 33.1 Å². The molecule has 0 spiro atoms. The first kappa shape index (κ1) is 32.6. The minimum absolute atomic E-state index is 0.106. The van der Waals surface area contributed by atoms with Crippen LogP contribution in [0.5, 0.6) is 0 Å². The predicted molar refractivity (Wildman–Crippen MR) is 204 cm³/mol. The number of ether oxygens (including phenoxy) is 3. The van der Waals surface area contributed by atoms with E-state index in [-0.39, 0.29) is 12.0 Å². The summed E-state index contributed by atoms with van der Waals surface area (Å²) in [6, 6.07) is 24.8. The van der Waals surface area contributed by atoms with E-state index in [4.69, 9.17) is 24.2 Å². The van der Waals surface area contributed by atoms with Gasteiger partial charge < -0.3 is 24.2 Å². The van der Waals surface area contributed by atoms with Gasteiger partial charge in [-0.3, -0.25) is 0 Å². The van der Waals surface area contributed by atoms with Crippen LogP contribution in [0.4, 0.5) is 0 Å². The monoisotopic (exact) mass is 676 g/mol. The van der Waals surface area contributed by atoms with Crippen molar-refractivity contribution in [2.45, 2.75) is 40.9 Å². The van der Waals surface area contributed by atoms with Crippen LogP contribution in [-0.4, -0.2) is 45.7 Å². The summed E-state index contributed by atoms with van der Waals surface area (Å²) in [6.45, 7) is 11.6. The summed E-state index contributed by atoms with van der Waals surface area (Å²) in [6.07, 6.45) is 7.28. The molecule has 0 radical (unpaired) electrons. The van der Waals surface area contributed by atoms with Crippen molar-refractivity contribution in [1.29, 1.82) is 0 Å². The fraction of sp³-hybridized carbons (Fsp3) is 0.233. The molecular formula is C43H40N4O4. The van der Waals surface area contributed by atoms with E-state index in [2.05, 4.69) is 98.3 Å². The summed E-state index contributed by atoms with van der Waals surface area (Å²) in [4.78, 5) is 31.3. The molecule has 3 aliphatic heterocycles. The minimum atomic E-state index is -0.626. The van der Waals surface area contributed by atoms with Crippen LogP contribution >= 0.6 is 0 Å². The topological polar surface area (TPSA) is 102 Å². The highest BCUT2D eigenvalue weighted by molar-refractivity contribution is 6.03. The third-order valence-electron chi connectivity index (χ3n) is 9.44. The van der Waals surface area contributed by atoms with E-state index >= 15 is 0 Å². The van der Waals surface area contributed by atoms with Crippen LogP contribution in [0.15, 0.2) is 72.8 Å². The zero-order valence-electron chi connectivity index (χ0n) is 29.5. The van der Waals surface area contributed by atoms with Crippen LogP contribution in [0, 0.1) is 19.3 Å². The summed E-state index contributed by atoms with van der Waals surface area (Å²) >= 11 is 0. The molecule has 8 rings (SSSR count). The summed E-state index contributed by atoms with van der Waals surface area (Å²) in [5, 5.41) is 0. The van der Waals surface area contributed by atoms with Crippen LogP contribution in [-0.2, 0) is 14.2 Å². The molecule has 3 aromatic heterocycles. The molecule has 3 aliphatic rings. The fourth-order valence-corrected chi connectivity index (χ4v) is 6.80. The molecule has 8 heteroatoms. The van der Waals surface area contributed by atoms with E-state index in [0.717, 1.165) is 72.6 Å². The maximum Gasteiger partial charge on any atom is 0.342 e. The van der Waals surface area contributed by atoms with Crippen molar-refractivity contribution in [1.82, 2.24) is 19.9 Å². The number of aryl methyl sites for hydroxylation is 2. The molecule has 8 bridgehead atoms. The highest BCUT2D eigenvalue weighted by atomic mass is 16.7. The Morgan fingerprint density at radius 3 is 1.73 bits per heavy atom. The Balaban J connectivity index is 1.51. The number of nitrogens with one attached hydrogen (secondary N) is 2. The van der Waals surface area contributed by atoms with Gasteiger partial charge in [0.2, 0.25) is 0 Å². The van der Waals surface area contributed by atoms with Gasteiger partial charge in [-0.05, 0) is 80.5 Å². The van der Waals surface area contributed by atoms with E-state index < -0.39 is 12.3 Å². The Kier molecular flexibility index (Phi) is 8.29. The Bertz CT molecular complexity index is 2340. The molecule has 6 heterocycles. The molecule has 0 unspecified atom stereocenters.